The lowest BCUT2D eigenvalue weighted by Crippen LogP contribution is -2.51. The van der Waals surface area contributed by atoms with Gasteiger partial charge in [-0.25, -0.2) is 0 Å². The van der Waals surface area contributed by atoms with Gasteiger partial charge in [0.05, 0.1) is 6.42 Å². The smallest absolute Gasteiger partial charge is 0.243 e. The Labute approximate surface area is 194 Å². The molecule has 0 spiro atoms. The fraction of sp³-hybridized carbons (Fsp3) is 0.440. The molecule has 2 aromatic carbocycles. The van der Waals surface area contributed by atoms with Crippen LogP contribution in [0.25, 0.3) is 0 Å². The van der Waals surface area contributed by atoms with Gasteiger partial charge in [-0.05, 0) is 55.0 Å². The maximum atomic E-state index is 13.5. The van der Waals surface area contributed by atoms with Gasteiger partial charge in [-0.3, -0.25) is 9.59 Å². The summed E-state index contributed by atoms with van der Waals surface area (Å²) in [6.45, 7) is 4.33. The molecule has 1 atom stereocenters. The Morgan fingerprint density at radius 2 is 1.71 bits per heavy atom. The number of hydrogen-bond donors (Lipinski definition) is 1. The van der Waals surface area contributed by atoms with E-state index in [9.17, 15) is 9.59 Å². The summed E-state index contributed by atoms with van der Waals surface area (Å²) in [5.74, 6) is -0.242. The predicted octanol–water partition coefficient (Wildman–Crippen LogP) is 5.71. The van der Waals surface area contributed by atoms with Crippen LogP contribution in [0.1, 0.15) is 55.7 Å². The first-order chi connectivity index (χ1) is 14.9. The molecule has 0 bridgehead atoms. The second-order valence-electron chi connectivity index (χ2n) is 8.24. The van der Waals surface area contributed by atoms with Crippen molar-refractivity contribution in [1.29, 1.82) is 0 Å². The summed E-state index contributed by atoms with van der Waals surface area (Å²) >= 11 is 12.6. The van der Waals surface area contributed by atoms with E-state index in [2.05, 4.69) is 5.32 Å². The van der Waals surface area contributed by atoms with Crippen LogP contribution in [-0.4, -0.2) is 28.8 Å². The first-order valence-electron chi connectivity index (χ1n) is 11.0. The molecule has 31 heavy (non-hydrogen) atoms. The molecule has 6 heteroatoms. The van der Waals surface area contributed by atoms with Crippen molar-refractivity contribution in [2.24, 2.45) is 0 Å². The fourth-order valence-corrected chi connectivity index (χ4v) is 4.74. The Balaban J connectivity index is 1.87. The zero-order chi connectivity index (χ0) is 22.4. The minimum Gasteiger partial charge on any atom is -0.352 e. The molecule has 0 radical (unpaired) electrons. The highest BCUT2D eigenvalue weighted by Gasteiger charge is 2.31. The number of aryl methyl sites for hydroxylation is 1. The average molecular weight is 461 g/mol. The Hall–Kier alpha value is -2.04. The molecular weight excluding hydrogens is 431 g/mol. The molecular formula is C25H30Cl2N2O2. The number of hydrogen-bond acceptors (Lipinski definition) is 2. The van der Waals surface area contributed by atoms with Gasteiger partial charge in [-0.15, -0.1) is 0 Å². The van der Waals surface area contributed by atoms with E-state index < -0.39 is 6.04 Å². The van der Waals surface area contributed by atoms with E-state index in [1.54, 1.807) is 23.1 Å². The van der Waals surface area contributed by atoms with Crippen molar-refractivity contribution in [2.75, 3.05) is 0 Å². The number of halogens is 2. The van der Waals surface area contributed by atoms with E-state index >= 15 is 0 Å². The molecule has 2 aromatic rings. The molecule has 0 aromatic heterocycles. The van der Waals surface area contributed by atoms with Crippen molar-refractivity contribution in [3.8, 4) is 0 Å². The number of carbonyl (C=O) groups excluding carboxylic acids is 2. The first-order valence-corrected chi connectivity index (χ1v) is 11.7. The second-order valence-corrected chi connectivity index (χ2v) is 9.05. The van der Waals surface area contributed by atoms with Crippen LogP contribution >= 0.6 is 23.2 Å². The normalized spacial score (nSPS) is 15.0. The molecule has 0 saturated heterocycles. The highest BCUT2D eigenvalue weighted by molar-refractivity contribution is 6.36. The number of benzene rings is 2. The van der Waals surface area contributed by atoms with E-state index in [1.807, 2.05) is 38.1 Å². The van der Waals surface area contributed by atoms with Crippen LogP contribution < -0.4 is 5.32 Å². The molecule has 2 amide bonds. The van der Waals surface area contributed by atoms with Crippen molar-refractivity contribution < 1.29 is 9.59 Å². The fourth-order valence-electron chi connectivity index (χ4n) is 4.21. The van der Waals surface area contributed by atoms with Crippen LogP contribution in [0, 0.1) is 6.92 Å². The van der Waals surface area contributed by atoms with Gasteiger partial charge < -0.3 is 10.2 Å². The summed E-state index contributed by atoms with van der Waals surface area (Å²) in [4.78, 5) is 28.4. The maximum absolute atomic E-state index is 13.5. The van der Waals surface area contributed by atoms with Crippen LogP contribution in [0.15, 0.2) is 42.5 Å². The zero-order valence-corrected chi connectivity index (χ0v) is 19.7. The Morgan fingerprint density at radius 3 is 2.32 bits per heavy atom. The van der Waals surface area contributed by atoms with Crippen LogP contribution in [-0.2, 0) is 22.6 Å². The minimum atomic E-state index is -0.547. The lowest BCUT2D eigenvalue weighted by Gasteiger charge is -2.32. The van der Waals surface area contributed by atoms with Crippen molar-refractivity contribution in [2.45, 2.75) is 71.0 Å². The van der Waals surface area contributed by atoms with Crippen molar-refractivity contribution >= 4 is 35.0 Å². The maximum Gasteiger partial charge on any atom is 0.243 e. The molecule has 0 aliphatic heterocycles. The Kier molecular flexibility index (Phi) is 8.39. The number of amides is 2. The topological polar surface area (TPSA) is 49.4 Å². The van der Waals surface area contributed by atoms with Crippen molar-refractivity contribution in [3.05, 3.63) is 69.2 Å². The number of carbonyl (C=O) groups is 2. The van der Waals surface area contributed by atoms with Gasteiger partial charge in [-0.1, -0.05) is 73.3 Å². The molecule has 1 aliphatic rings. The van der Waals surface area contributed by atoms with Gasteiger partial charge in [0.15, 0.2) is 0 Å². The lowest BCUT2D eigenvalue weighted by molar-refractivity contribution is -0.141. The third-order valence-corrected chi connectivity index (χ3v) is 6.79. The van der Waals surface area contributed by atoms with Crippen LogP contribution in [0.5, 0.6) is 0 Å². The molecule has 0 heterocycles. The molecule has 166 valence electrons. The molecule has 4 nitrogen and oxygen atoms in total. The summed E-state index contributed by atoms with van der Waals surface area (Å²) < 4.78 is 0. The van der Waals surface area contributed by atoms with Gasteiger partial charge in [-0.2, -0.15) is 0 Å². The van der Waals surface area contributed by atoms with E-state index in [-0.39, 0.29) is 24.3 Å². The van der Waals surface area contributed by atoms with Crippen LogP contribution in [0.4, 0.5) is 0 Å². The van der Waals surface area contributed by atoms with Crippen LogP contribution in [0.3, 0.4) is 0 Å². The molecule has 1 fully saturated rings. The zero-order valence-electron chi connectivity index (χ0n) is 18.2. The largest absolute Gasteiger partial charge is 0.352 e. The molecule has 0 unspecified atom stereocenters. The first kappa shape index (κ1) is 23.6. The number of rotatable bonds is 8. The highest BCUT2D eigenvalue weighted by Crippen LogP contribution is 2.26. The highest BCUT2D eigenvalue weighted by atomic mass is 35.5. The van der Waals surface area contributed by atoms with Gasteiger partial charge in [0.1, 0.15) is 6.04 Å². The monoisotopic (exact) mass is 460 g/mol. The SMILES string of the molecule is CC[C@H](C(=O)NC1CCCC1)N(Cc1ccccc1C)C(=O)Cc1c(Cl)cccc1Cl. The standard InChI is InChI=1S/C25H30Cl2N2O2/c1-3-23(25(31)28-19-11-6-7-12-19)29(16-18-10-5-4-9-17(18)2)24(30)15-20-21(26)13-8-14-22(20)27/h4-5,8-10,13-14,19,23H,3,6-7,11-12,15-16H2,1-2H3,(H,28,31)/t23-/m1/s1. The molecule has 1 N–H and O–H groups in total. The molecule has 1 saturated carbocycles. The van der Waals surface area contributed by atoms with E-state index in [0.29, 0.717) is 28.6 Å². The lowest BCUT2D eigenvalue weighted by atomic mass is 10.0. The summed E-state index contributed by atoms with van der Waals surface area (Å²) in [6.07, 6.45) is 4.87. The second kappa shape index (κ2) is 11.0. The Bertz CT molecular complexity index is 905. The predicted molar refractivity (Wildman–Crippen MR) is 126 cm³/mol. The number of nitrogens with one attached hydrogen (secondary N) is 1. The number of nitrogens with zero attached hydrogens (tertiary/aromatic N) is 1. The molecule has 1 aliphatic carbocycles. The summed E-state index contributed by atoms with van der Waals surface area (Å²) in [5.41, 5.74) is 2.70. The van der Waals surface area contributed by atoms with E-state index in [1.165, 1.54) is 0 Å². The van der Waals surface area contributed by atoms with Crippen molar-refractivity contribution in [1.82, 2.24) is 10.2 Å². The third-order valence-electron chi connectivity index (χ3n) is 6.08. The van der Waals surface area contributed by atoms with Gasteiger partial charge in [0, 0.05) is 22.6 Å². The van der Waals surface area contributed by atoms with Gasteiger partial charge in [0.25, 0.3) is 0 Å². The van der Waals surface area contributed by atoms with E-state index in [4.69, 9.17) is 23.2 Å². The van der Waals surface area contributed by atoms with E-state index in [0.717, 1.165) is 36.8 Å². The minimum absolute atomic E-state index is 0.0532. The summed E-state index contributed by atoms with van der Waals surface area (Å²) in [6, 6.07) is 12.8. The third kappa shape index (κ3) is 6.02. The van der Waals surface area contributed by atoms with Crippen molar-refractivity contribution in [3.63, 3.8) is 0 Å². The summed E-state index contributed by atoms with van der Waals surface area (Å²) in [5, 5.41) is 4.08. The quantitative estimate of drug-likeness (QED) is 0.548. The van der Waals surface area contributed by atoms with Gasteiger partial charge >= 0.3 is 0 Å². The molecule has 3 rings (SSSR count). The summed E-state index contributed by atoms with van der Waals surface area (Å²) in [7, 11) is 0. The average Bonchev–Trinajstić information content (AvgIpc) is 3.25. The Morgan fingerprint density at radius 1 is 1.06 bits per heavy atom. The van der Waals surface area contributed by atoms with Gasteiger partial charge in [0.2, 0.25) is 11.8 Å². The van der Waals surface area contributed by atoms with Crippen LogP contribution in [0.2, 0.25) is 10.0 Å².